The van der Waals surface area contributed by atoms with Crippen LogP contribution >= 0.6 is 0 Å². The summed E-state index contributed by atoms with van der Waals surface area (Å²) in [4.78, 5) is 11.1. The van der Waals surface area contributed by atoms with Crippen LogP contribution in [0.2, 0.25) is 0 Å². The van der Waals surface area contributed by atoms with Crippen molar-refractivity contribution >= 4 is 5.97 Å². The fraction of sp³-hybridized carbons (Fsp3) is 0.562. The molecule has 3 nitrogen and oxygen atoms in total. The highest BCUT2D eigenvalue weighted by Gasteiger charge is 2.31. The van der Waals surface area contributed by atoms with Crippen molar-refractivity contribution in [3.63, 3.8) is 0 Å². The molecule has 1 aromatic rings. The molecule has 0 radical (unpaired) electrons. The van der Waals surface area contributed by atoms with Crippen molar-refractivity contribution in [2.45, 2.75) is 52.5 Å². The quantitative estimate of drug-likeness (QED) is 0.857. The van der Waals surface area contributed by atoms with Gasteiger partial charge >= 0.3 is 5.97 Å². The van der Waals surface area contributed by atoms with E-state index in [0.717, 1.165) is 0 Å². The standard InChI is InChI=1S/C16H25NO2/c1-10-6-11(2)8-14(7-10)13(4)12(3)9-16(5,17)15(18)19/h6-8,12-13H,9,17H2,1-5H3,(H,18,19). The Hall–Kier alpha value is -1.35. The Labute approximate surface area is 115 Å². The van der Waals surface area contributed by atoms with Gasteiger partial charge in [0.25, 0.3) is 0 Å². The highest BCUT2D eigenvalue weighted by Crippen LogP contribution is 2.30. The zero-order chi connectivity index (χ0) is 14.8. The van der Waals surface area contributed by atoms with Crippen LogP contribution in [-0.4, -0.2) is 16.6 Å². The van der Waals surface area contributed by atoms with Gasteiger partial charge in [-0.05, 0) is 44.6 Å². The lowest BCUT2D eigenvalue weighted by molar-refractivity contribution is -0.143. The molecule has 0 fully saturated rings. The second-order valence-electron chi connectivity index (χ2n) is 6.11. The summed E-state index contributed by atoms with van der Waals surface area (Å²) in [5.41, 5.74) is 8.41. The number of hydrogen-bond acceptors (Lipinski definition) is 2. The fourth-order valence-corrected chi connectivity index (χ4v) is 2.53. The van der Waals surface area contributed by atoms with Gasteiger partial charge in [-0.1, -0.05) is 43.2 Å². The van der Waals surface area contributed by atoms with Gasteiger partial charge in [0.05, 0.1) is 0 Å². The summed E-state index contributed by atoms with van der Waals surface area (Å²) in [7, 11) is 0. The maximum atomic E-state index is 11.1. The molecule has 0 saturated heterocycles. The summed E-state index contributed by atoms with van der Waals surface area (Å²) < 4.78 is 0. The maximum Gasteiger partial charge on any atom is 0.323 e. The Morgan fingerprint density at radius 1 is 1.26 bits per heavy atom. The van der Waals surface area contributed by atoms with E-state index in [1.165, 1.54) is 16.7 Å². The van der Waals surface area contributed by atoms with E-state index in [2.05, 4.69) is 45.9 Å². The Morgan fingerprint density at radius 2 is 1.74 bits per heavy atom. The lowest BCUT2D eigenvalue weighted by Crippen LogP contribution is -2.46. The van der Waals surface area contributed by atoms with E-state index in [4.69, 9.17) is 10.8 Å². The van der Waals surface area contributed by atoms with Gasteiger partial charge in [-0.2, -0.15) is 0 Å². The van der Waals surface area contributed by atoms with Crippen molar-refractivity contribution in [2.24, 2.45) is 11.7 Å². The molecule has 0 aromatic heterocycles. The van der Waals surface area contributed by atoms with Gasteiger partial charge in [0.15, 0.2) is 0 Å². The minimum absolute atomic E-state index is 0.215. The molecule has 0 amide bonds. The lowest BCUT2D eigenvalue weighted by Gasteiger charge is -2.28. The van der Waals surface area contributed by atoms with Gasteiger partial charge in [-0.15, -0.1) is 0 Å². The molecule has 0 bridgehead atoms. The summed E-state index contributed by atoms with van der Waals surface area (Å²) in [6.45, 7) is 9.95. The zero-order valence-electron chi connectivity index (χ0n) is 12.5. The van der Waals surface area contributed by atoms with Gasteiger partial charge in [-0.3, -0.25) is 4.79 Å². The fourth-order valence-electron chi connectivity index (χ4n) is 2.53. The second kappa shape index (κ2) is 5.74. The van der Waals surface area contributed by atoms with Crippen molar-refractivity contribution in [1.82, 2.24) is 0 Å². The molecule has 0 aliphatic heterocycles. The monoisotopic (exact) mass is 263 g/mol. The molecule has 0 spiro atoms. The van der Waals surface area contributed by atoms with Gasteiger partial charge in [0.2, 0.25) is 0 Å². The van der Waals surface area contributed by atoms with E-state index in [-0.39, 0.29) is 5.92 Å². The van der Waals surface area contributed by atoms with Crippen LogP contribution in [0.15, 0.2) is 18.2 Å². The predicted octanol–water partition coefficient (Wildman–Crippen LogP) is 3.24. The molecule has 3 N–H and O–H groups in total. The summed E-state index contributed by atoms with van der Waals surface area (Å²) in [5, 5.41) is 9.11. The van der Waals surface area contributed by atoms with Crippen LogP contribution < -0.4 is 5.73 Å². The third-order valence-electron chi connectivity index (χ3n) is 3.86. The first-order chi connectivity index (χ1) is 8.63. The Kier molecular flexibility index (Phi) is 4.75. The number of hydrogen-bond donors (Lipinski definition) is 2. The predicted molar refractivity (Wildman–Crippen MR) is 78.3 cm³/mol. The molecule has 3 heteroatoms. The van der Waals surface area contributed by atoms with Crippen LogP contribution in [0.4, 0.5) is 0 Å². The van der Waals surface area contributed by atoms with Crippen LogP contribution in [0.3, 0.4) is 0 Å². The SMILES string of the molecule is Cc1cc(C)cc(C(C)C(C)CC(C)(N)C(=O)O)c1. The van der Waals surface area contributed by atoms with Crippen molar-refractivity contribution in [3.05, 3.63) is 34.9 Å². The molecule has 0 saturated carbocycles. The molecule has 0 aliphatic carbocycles. The van der Waals surface area contributed by atoms with Crippen LogP contribution in [0.5, 0.6) is 0 Å². The van der Waals surface area contributed by atoms with Crippen molar-refractivity contribution in [2.75, 3.05) is 0 Å². The van der Waals surface area contributed by atoms with E-state index < -0.39 is 11.5 Å². The van der Waals surface area contributed by atoms with Crippen molar-refractivity contribution in [1.29, 1.82) is 0 Å². The third-order valence-corrected chi connectivity index (χ3v) is 3.86. The number of aliphatic carboxylic acids is 1. The number of carboxylic acids is 1. The minimum Gasteiger partial charge on any atom is -0.480 e. The normalized spacial score (nSPS) is 17.6. The number of benzene rings is 1. The van der Waals surface area contributed by atoms with Gasteiger partial charge < -0.3 is 10.8 Å². The van der Waals surface area contributed by atoms with Crippen LogP contribution in [0.25, 0.3) is 0 Å². The molecule has 19 heavy (non-hydrogen) atoms. The molecule has 3 atom stereocenters. The zero-order valence-corrected chi connectivity index (χ0v) is 12.5. The smallest absolute Gasteiger partial charge is 0.323 e. The summed E-state index contributed by atoms with van der Waals surface area (Å²) >= 11 is 0. The molecule has 106 valence electrons. The highest BCUT2D eigenvalue weighted by atomic mass is 16.4. The van der Waals surface area contributed by atoms with E-state index in [1.54, 1.807) is 6.92 Å². The number of rotatable bonds is 5. The molecule has 0 heterocycles. The lowest BCUT2D eigenvalue weighted by atomic mass is 9.80. The van der Waals surface area contributed by atoms with E-state index in [9.17, 15) is 4.79 Å². The molecular formula is C16H25NO2. The van der Waals surface area contributed by atoms with Crippen molar-refractivity contribution in [3.8, 4) is 0 Å². The highest BCUT2D eigenvalue weighted by molar-refractivity contribution is 5.77. The number of nitrogens with two attached hydrogens (primary N) is 1. The average Bonchev–Trinajstić information content (AvgIpc) is 2.25. The second-order valence-corrected chi connectivity index (χ2v) is 6.11. The van der Waals surface area contributed by atoms with Crippen LogP contribution in [-0.2, 0) is 4.79 Å². The summed E-state index contributed by atoms with van der Waals surface area (Å²) in [6.07, 6.45) is 0.469. The summed E-state index contributed by atoms with van der Waals surface area (Å²) in [6, 6.07) is 6.48. The first kappa shape index (κ1) is 15.7. The Balaban J connectivity index is 2.87. The van der Waals surface area contributed by atoms with E-state index in [0.29, 0.717) is 12.3 Å². The molecule has 1 rings (SSSR count). The van der Waals surface area contributed by atoms with E-state index in [1.807, 2.05) is 0 Å². The Bertz CT molecular complexity index is 446. The van der Waals surface area contributed by atoms with Gasteiger partial charge in [-0.25, -0.2) is 0 Å². The summed E-state index contributed by atoms with van der Waals surface area (Å²) in [5.74, 6) is -0.430. The third kappa shape index (κ3) is 4.06. The molecule has 0 aliphatic rings. The first-order valence-corrected chi connectivity index (χ1v) is 6.74. The molecule has 1 aromatic carbocycles. The average molecular weight is 263 g/mol. The van der Waals surface area contributed by atoms with Crippen molar-refractivity contribution < 1.29 is 9.90 Å². The number of aryl methyl sites for hydroxylation is 2. The maximum absolute atomic E-state index is 11.1. The first-order valence-electron chi connectivity index (χ1n) is 6.74. The van der Waals surface area contributed by atoms with Crippen LogP contribution in [0.1, 0.15) is 49.8 Å². The topological polar surface area (TPSA) is 63.3 Å². The largest absolute Gasteiger partial charge is 0.480 e. The molecular weight excluding hydrogens is 238 g/mol. The van der Waals surface area contributed by atoms with Gasteiger partial charge in [0.1, 0.15) is 5.54 Å². The Morgan fingerprint density at radius 3 is 2.16 bits per heavy atom. The number of carbonyl (C=O) groups is 1. The van der Waals surface area contributed by atoms with E-state index >= 15 is 0 Å². The van der Waals surface area contributed by atoms with Crippen LogP contribution in [0, 0.1) is 19.8 Å². The molecule has 3 unspecified atom stereocenters. The van der Waals surface area contributed by atoms with Gasteiger partial charge in [0, 0.05) is 0 Å². The minimum atomic E-state index is -1.16. The number of carboxylic acid groups (broad SMARTS) is 1.